The summed E-state index contributed by atoms with van der Waals surface area (Å²) in [6, 6.07) is 6.84. The van der Waals surface area contributed by atoms with Gasteiger partial charge in [-0.3, -0.25) is 9.59 Å². The summed E-state index contributed by atoms with van der Waals surface area (Å²) in [7, 11) is 1.57. The van der Waals surface area contributed by atoms with Gasteiger partial charge in [0.25, 0.3) is 0 Å². The van der Waals surface area contributed by atoms with Gasteiger partial charge in [0.05, 0.1) is 13.2 Å². The summed E-state index contributed by atoms with van der Waals surface area (Å²) in [4.78, 5) is 23.7. The Kier molecular flexibility index (Phi) is 8.02. The molecule has 2 unspecified atom stereocenters. The van der Waals surface area contributed by atoms with E-state index >= 15 is 0 Å². The smallest absolute Gasteiger partial charge is 0.220 e. The quantitative estimate of drug-likeness (QED) is 0.637. The van der Waals surface area contributed by atoms with Crippen LogP contribution in [0.4, 0.5) is 0 Å². The lowest BCUT2D eigenvalue weighted by Gasteiger charge is -2.13. The zero-order valence-electron chi connectivity index (χ0n) is 13.1. The predicted octanol–water partition coefficient (Wildman–Crippen LogP) is 0.776. The molecule has 1 aromatic rings. The topological polar surface area (TPSA) is 87.7 Å². The molecule has 7 heteroatoms. The fourth-order valence-corrected chi connectivity index (χ4v) is 2.41. The number of amides is 1. The number of rotatable bonds is 7. The number of β-amino-alcohol motifs (C(OH)–C–C–N with tert-alkyl or cyclic N) is 1. The molecule has 3 N–H and O–H groups in total. The number of hydrogen-bond acceptors (Lipinski definition) is 5. The first-order valence-electron chi connectivity index (χ1n) is 7.43. The number of nitrogens with one attached hydrogen (secondary N) is 2. The van der Waals surface area contributed by atoms with E-state index in [-0.39, 0.29) is 42.9 Å². The maximum Gasteiger partial charge on any atom is 0.220 e. The Hall–Kier alpha value is -1.63. The van der Waals surface area contributed by atoms with Gasteiger partial charge in [-0.2, -0.15) is 0 Å². The van der Waals surface area contributed by atoms with Crippen molar-refractivity contribution in [3.8, 4) is 5.75 Å². The molecule has 1 fully saturated rings. The van der Waals surface area contributed by atoms with Crippen LogP contribution >= 0.6 is 12.4 Å². The van der Waals surface area contributed by atoms with Gasteiger partial charge in [-0.05, 0) is 24.3 Å². The van der Waals surface area contributed by atoms with Crippen molar-refractivity contribution in [3.63, 3.8) is 0 Å². The number of carbonyl (C=O) groups is 2. The van der Waals surface area contributed by atoms with E-state index in [1.165, 1.54) is 0 Å². The number of aliphatic hydroxyl groups excluding tert-OH is 1. The number of aliphatic hydroxyl groups is 1. The van der Waals surface area contributed by atoms with Crippen molar-refractivity contribution in [3.05, 3.63) is 29.8 Å². The number of carbonyl (C=O) groups excluding carboxylic acids is 2. The minimum atomic E-state index is -0.416. The molecule has 0 radical (unpaired) electrons. The molecule has 0 spiro atoms. The van der Waals surface area contributed by atoms with Crippen molar-refractivity contribution in [1.29, 1.82) is 0 Å². The van der Waals surface area contributed by atoms with Gasteiger partial charge in [0, 0.05) is 44.0 Å². The van der Waals surface area contributed by atoms with Crippen molar-refractivity contribution in [2.24, 2.45) is 5.92 Å². The Bertz CT molecular complexity index is 521. The van der Waals surface area contributed by atoms with Gasteiger partial charge in [0.1, 0.15) is 5.75 Å². The van der Waals surface area contributed by atoms with Gasteiger partial charge in [0.2, 0.25) is 5.91 Å². The number of hydrogen-bond donors (Lipinski definition) is 3. The molecule has 1 amide bonds. The third-order valence-electron chi connectivity index (χ3n) is 3.86. The number of halogens is 1. The van der Waals surface area contributed by atoms with Gasteiger partial charge >= 0.3 is 0 Å². The summed E-state index contributed by atoms with van der Waals surface area (Å²) in [5.74, 6) is 0.501. The first kappa shape index (κ1) is 19.4. The summed E-state index contributed by atoms with van der Waals surface area (Å²) in [6.45, 7) is 1.70. The number of benzene rings is 1. The monoisotopic (exact) mass is 342 g/mol. The number of methoxy groups -OCH3 is 1. The van der Waals surface area contributed by atoms with E-state index in [0.29, 0.717) is 30.9 Å². The molecular weight excluding hydrogens is 320 g/mol. The fourth-order valence-electron chi connectivity index (χ4n) is 2.41. The van der Waals surface area contributed by atoms with Gasteiger partial charge in [-0.25, -0.2) is 0 Å². The summed E-state index contributed by atoms with van der Waals surface area (Å²) >= 11 is 0. The SMILES string of the molecule is COc1ccc(C(=O)CCC(=O)NCC2CNCC2O)cc1.Cl. The molecule has 1 heterocycles. The average molecular weight is 343 g/mol. The van der Waals surface area contributed by atoms with Crippen molar-refractivity contribution >= 4 is 24.1 Å². The molecule has 1 aromatic carbocycles. The maximum atomic E-state index is 12.0. The van der Waals surface area contributed by atoms with E-state index in [2.05, 4.69) is 10.6 Å². The summed E-state index contributed by atoms with van der Waals surface area (Å²) in [6.07, 6.45) is -0.0914. The summed E-state index contributed by atoms with van der Waals surface area (Å²) in [5, 5.41) is 15.5. The molecule has 0 bridgehead atoms. The minimum Gasteiger partial charge on any atom is -0.497 e. The first-order valence-corrected chi connectivity index (χ1v) is 7.43. The average Bonchev–Trinajstić information content (AvgIpc) is 2.95. The number of ketones is 1. The third kappa shape index (κ3) is 5.82. The summed E-state index contributed by atoms with van der Waals surface area (Å²) in [5.41, 5.74) is 0.573. The lowest BCUT2D eigenvalue weighted by molar-refractivity contribution is -0.121. The van der Waals surface area contributed by atoms with E-state index in [1.54, 1.807) is 31.4 Å². The van der Waals surface area contributed by atoms with Crippen LogP contribution in [0, 0.1) is 5.92 Å². The highest BCUT2D eigenvalue weighted by atomic mass is 35.5. The van der Waals surface area contributed by atoms with E-state index in [0.717, 1.165) is 0 Å². The zero-order chi connectivity index (χ0) is 15.9. The van der Waals surface area contributed by atoms with Crippen LogP contribution in [0.5, 0.6) is 5.75 Å². The molecule has 1 aliphatic rings. The minimum absolute atomic E-state index is 0. The molecule has 2 atom stereocenters. The Balaban J connectivity index is 0.00000264. The highest BCUT2D eigenvalue weighted by Crippen LogP contribution is 2.13. The third-order valence-corrected chi connectivity index (χ3v) is 3.86. The van der Waals surface area contributed by atoms with Crippen molar-refractivity contribution in [1.82, 2.24) is 10.6 Å². The highest BCUT2D eigenvalue weighted by Gasteiger charge is 2.24. The molecule has 128 valence electrons. The van der Waals surface area contributed by atoms with Crippen LogP contribution in [0.3, 0.4) is 0 Å². The highest BCUT2D eigenvalue weighted by molar-refractivity contribution is 5.98. The Labute approximate surface area is 142 Å². The second kappa shape index (κ2) is 9.50. The van der Waals surface area contributed by atoms with Crippen LogP contribution in [0.25, 0.3) is 0 Å². The number of ether oxygens (including phenoxy) is 1. The molecule has 0 aliphatic carbocycles. The second-order valence-corrected chi connectivity index (χ2v) is 5.44. The van der Waals surface area contributed by atoms with E-state index in [4.69, 9.17) is 4.74 Å². The molecule has 23 heavy (non-hydrogen) atoms. The van der Waals surface area contributed by atoms with Crippen LogP contribution in [0.1, 0.15) is 23.2 Å². The zero-order valence-corrected chi connectivity index (χ0v) is 13.9. The van der Waals surface area contributed by atoms with Crippen LogP contribution in [0.2, 0.25) is 0 Å². The molecule has 0 saturated carbocycles. The van der Waals surface area contributed by atoms with Crippen LogP contribution in [-0.2, 0) is 4.79 Å². The Morgan fingerprint density at radius 3 is 2.52 bits per heavy atom. The molecule has 6 nitrogen and oxygen atoms in total. The van der Waals surface area contributed by atoms with Gasteiger partial charge in [0.15, 0.2) is 5.78 Å². The second-order valence-electron chi connectivity index (χ2n) is 5.44. The van der Waals surface area contributed by atoms with Gasteiger partial charge < -0.3 is 20.5 Å². The molecule has 1 aliphatic heterocycles. The fraction of sp³-hybridized carbons (Fsp3) is 0.500. The molecule has 1 saturated heterocycles. The van der Waals surface area contributed by atoms with Crippen LogP contribution in [-0.4, -0.2) is 49.6 Å². The van der Waals surface area contributed by atoms with Crippen molar-refractivity contribution < 1.29 is 19.4 Å². The van der Waals surface area contributed by atoms with Crippen molar-refractivity contribution in [2.75, 3.05) is 26.7 Å². The van der Waals surface area contributed by atoms with Gasteiger partial charge in [-0.1, -0.05) is 0 Å². The van der Waals surface area contributed by atoms with Crippen LogP contribution < -0.4 is 15.4 Å². The predicted molar refractivity (Wildman–Crippen MR) is 89.2 cm³/mol. The van der Waals surface area contributed by atoms with Crippen LogP contribution in [0.15, 0.2) is 24.3 Å². The van der Waals surface area contributed by atoms with E-state index in [1.807, 2.05) is 0 Å². The summed E-state index contributed by atoms with van der Waals surface area (Å²) < 4.78 is 5.04. The molecule has 2 rings (SSSR count). The largest absolute Gasteiger partial charge is 0.497 e. The van der Waals surface area contributed by atoms with E-state index < -0.39 is 6.10 Å². The molecule has 0 aromatic heterocycles. The molecular formula is C16H23ClN2O4. The lowest BCUT2D eigenvalue weighted by Crippen LogP contribution is -2.34. The Morgan fingerprint density at radius 1 is 1.26 bits per heavy atom. The van der Waals surface area contributed by atoms with E-state index in [9.17, 15) is 14.7 Å². The first-order chi connectivity index (χ1) is 10.6. The number of Topliss-reactive ketones (excluding diaryl/α,β-unsaturated/α-hetero) is 1. The Morgan fingerprint density at radius 2 is 1.96 bits per heavy atom. The van der Waals surface area contributed by atoms with Gasteiger partial charge in [-0.15, -0.1) is 12.4 Å². The maximum absolute atomic E-state index is 12.0. The normalized spacial score (nSPS) is 19.7. The van der Waals surface area contributed by atoms with Crippen molar-refractivity contribution in [2.45, 2.75) is 18.9 Å². The lowest BCUT2D eigenvalue weighted by atomic mass is 10.1. The standard InChI is InChI=1S/C16H22N2O4.ClH/c1-22-13-4-2-11(3-5-13)14(19)6-7-16(21)18-9-12-8-17-10-15(12)20;/h2-5,12,15,17,20H,6-10H2,1H3,(H,18,21);1H.